The number of aliphatic hydroxyl groups excluding tert-OH is 1. The smallest absolute Gasteiger partial charge is 0.119 e. The van der Waals surface area contributed by atoms with Gasteiger partial charge >= 0.3 is 0 Å². The maximum Gasteiger partial charge on any atom is 0.119 e. The van der Waals surface area contributed by atoms with Crippen LogP contribution in [0.1, 0.15) is 12.5 Å². The molecule has 3 nitrogen and oxygen atoms in total. The summed E-state index contributed by atoms with van der Waals surface area (Å²) in [6, 6.07) is 5.25. The summed E-state index contributed by atoms with van der Waals surface area (Å²) in [4.78, 5) is 0. The molecule has 0 unspecified atom stereocenters. The second-order valence-corrected chi connectivity index (χ2v) is 4.26. The Bertz CT molecular complexity index is 337. The van der Waals surface area contributed by atoms with Crippen LogP contribution >= 0.6 is 11.6 Å². The first-order valence-electron chi connectivity index (χ1n) is 4.67. The highest BCUT2D eigenvalue weighted by Crippen LogP contribution is 2.21. The molecular formula is C11H15ClO3. The number of rotatable bonds is 4. The topological polar surface area (TPSA) is 49.7 Å². The molecule has 0 aliphatic heterocycles. The predicted octanol–water partition coefficient (Wildman–Crippen LogP) is 1.77. The van der Waals surface area contributed by atoms with E-state index in [2.05, 4.69) is 0 Å². The first kappa shape index (κ1) is 12.3. The Morgan fingerprint density at radius 2 is 2.13 bits per heavy atom. The molecule has 1 rings (SSSR count). The fourth-order valence-corrected chi connectivity index (χ4v) is 1.11. The highest BCUT2D eigenvalue weighted by Gasteiger charge is 2.19. The van der Waals surface area contributed by atoms with Crippen molar-refractivity contribution in [2.45, 2.75) is 19.4 Å². The van der Waals surface area contributed by atoms with Crippen LogP contribution in [0.2, 0.25) is 5.02 Å². The Labute approximate surface area is 94.3 Å². The van der Waals surface area contributed by atoms with Crippen molar-refractivity contribution in [2.24, 2.45) is 0 Å². The third-order valence-corrected chi connectivity index (χ3v) is 2.44. The number of aliphatic hydroxyl groups is 2. The van der Waals surface area contributed by atoms with Gasteiger partial charge in [-0.15, -0.1) is 0 Å². The van der Waals surface area contributed by atoms with E-state index in [9.17, 15) is 5.11 Å². The number of benzene rings is 1. The molecule has 0 bridgehead atoms. The van der Waals surface area contributed by atoms with Crippen LogP contribution in [0.25, 0.3) is 0 Å². The van der Waals surface area contributed by atoms with Crippen molar-refractivity contribution >= 4 is 11.6 Å². The zero-order chi connectivity index (χ0) is 11.5. The maximum absolute atomic E-state index is 9.51. The van der Waals surface area contributed by atoms with Gasteiger partial charge in [-0.05, 0) is 37.6 Å². The summed E-state index contributed by atoms with van der Waals surface area (Å²) in [5.74, 6) is 0.630. The van der Waals surface area contributed by atoms with Crippen LogP contribution in [0.4, 0.5) is 0 Å². The lowest BCUT2D eigenvalue weighted by Gasteiger charge is -2.20. The summed E-state index contributed by atoms with van der Waals surface area (Å²) in [5, 5.41) is 19.0. The van der Waals surface area contributed by atoms with E-state index >= 15 is 0 Å². The Hall–Kier alpha value is -0.770. The summed E-state index contributed by atoms with van der Waals surface area (Å²) >= 11 is 5.85. The molecule has 1 aromatic rings. The van der Waals surface area contributed by atoms with Gasteiger partial charge in [-0.2, -0.15) is 0 Å². The van der Waals surface area contributed by atoms with E-state index in [4.69, 9.17) is 21.4 Å². The average molecular weight is 231 g/mol. The molecule has 0 aliphatic carbocycles. The minimum Gasteiger partial charge on any atom is -0.491 e. The molecule has 1 atom stereocenters. The van der Waals surface area contributed by atoms with Gasteiger partial charge < -0.3 is 14.9 Å². The largest absolute Gasteiger partial charge is 0.491 e. The molecule has 0 aliphatic rings. The third-order valence-electron chi connectivity index (χ3n) is 2.02. The molecule has 0 saturated carbocycles. The zero-order valence-corrected chi connectivity index (χ0v) is 9.58. The fourth-order valence-electron chi connectivity index (χ4n) is 0.991. The number of ether oxygens (including phenoxy) is 1. The van der Waals surface area contributed by atoms with Gasteiger partial charge in [0, 0.05) is 5.02 Å². The van der Waals surface area contributed by atoms with Gasteiger partial charge in [-0.3, -0.25) is 0 Å². The summed E-state index contributed by atoms with van der Waals surface area (Å²) < 4.78 is 5.33. The number of hydrogen-bond donors (Lipinski definition) is 2. The quantitative estimate of drug-likeness (QED) is 0.829. The second-order valence-electron chi connectivity index (χ2n) is 3.85. The Morgan fingerprint density at radius 1 is 1.47 bits per heavy atom. The molecule has 84 valence electrons. The lowest BCUT2D eigenvalue weighted by molar-refractivity contribution is -0.0325. The van der Waals surface area contributed by atoms with Crippen LogP contribution in [0.5, 0.6) is 5.75 Å². The van der Waals surface area contributed by atoms with Crippen molar-refractivity contribution in [1.82, 2.24) is 0 Å². The van der Waals surface area contributed by atoms with Gasteiger partial charge in [0.2, 0.25) is 0 Å². The average Bonchev–Trinajstić information content (AvgIpc) is 2.20. The van der Waals surface area contributed by atoms with Gasteiger partial charge in [-0.25, -0.2) is 0 Å². The van der Waals surface area contributed by atoms with Crippen LogP contribution in [-0.2, 0) is 0 Å². The standard InChI is InChI=1S/C11H15ClO3/c1-8-5-9(3-4-10(8)12)15-7-11(2,14)6-13/h3-5,13-14H,6-7H2,1-2H3/t11-/m0/s1. The first-order valence-corrected chi connectivity index (χ1v) is 5.04. The van der Waals surface area contributed by atoms with E-state index in [1.807, 2.05) is 6.92 Å². The van der Waals surface area contributed by atoms with E-state index in [0.717, 1.165) is 5.56 Å². The molecule has 0 fully saturated rings. The van der Waals surface area contributed by atoms with E-state index in [1.165, 1.54) is 6.92 Å². The highest BCUT2D eigenvalue weighted by atomic mass is 35.5. The van der Waals surface area contributed by atoms with Gasteiger partial charge in [0.05, 0.1) is 6.61 Å². The Morgan fingerprint density at radius 3 is 2.67 bits per heavy atom. The number of aryl methyl sites for hydroxylation is 1. The van der Waals surface area contributed by atoms with Crippen molar-refractivity contribution in [1.29, 1.82) is 0 Å². The Balaban J connectivity index is 2.62. The minimum atomic E-state index is -1.21. The van der Waals surface area contributed by atoms with E-state index in [1.54, 1.807) is 18.2 Å². The minimum absolute atomic E-state index is 0.0462. The van der Waals surface area contributed by atoms with Crippen LogP contribution in [0.15, 0.2) is 18.2 Å². The fraction of sp³-hybridized carbons (Fsp3) is 0.455. The summed E-state index contributed by atoms with van der Waals surface area (Å²) in [6.45, 7) is 3.10. The summed E-state index contributed by atoms with van der Waals surface area (Å²) in [5.41, 5.74) is -0.300. The molecule has 0 amide bonds. The molecule has 0 aromatic heterocycles. The monoisotopic (exact) mass is 230 g/mol. The molecule has 0 spiro atoms. The van der Waals surface area contributed by atoms with Crippen molar-refractivity contribution in [3.63, 3.8) is 0 Å². The van der Waals surface area contributed by atoms with Gasteiger partial charge in [0.1, 0.15) is 18.0 Å². The molecule has 4 heteroatoms. The summed E-state index contributed by atoms with van der Waals surface area (Å²) in [7, 11) is 0. The van der Waals surface area contributed by atoms with Crippen LogP contribution in [0, 0.1) is 6.92 Å². The van der Waals surface area contributed by atoms with E-state index in [0.29, 0.717) is 10.8 Å². The van der Waals surface area contributed by atoms with Gasteiger partial charge in [0.25, 0.3) is 0 Å². The van der Waals surface area contributed by atoms with Crippen LogP contribution in [0.3, 0.4) is 0 Å². The molecule has 0 heterocycles. The van der Waals surface area contributed by atoms with E-state index < -0.39 is 5.60 Å². The van der Waals surface area contributed by atoms with Crippen molar-refractivity contribution < 1.29 is 14.9 Å². The molecule has 0 radical (unpaired) electrons. The lowest BCUT2D eigenvalue weighted by Crippen LogP contribution is -2.36. The molecule has 15 heavy (non-hydrogen) atoms. The molecular weight excluding hydrogens is 216 g/mol. The van der Waals surface area contributed by atoms with Crippen LogP contribution < -0.4 is 4.74 Å². The molecule has 1 aromatic carbocycles. The van der Waals surface area contributed by atoms with Crippen molar-refractivity contribution in [3.8, 4) is 5.75 Å². The van der Waals surface area contributed by atoms with E-state index in [-0.39, 0.29) is 13.2 Å². The predicted molar refractivity (Wildman–Crippen MR) is 59.4 cm³/mol. The lowest BCUT2D eigenvalue weighted by atomic mass is 10.1. The molecule has 2 N–H and O–H groups in total. The second kappa shape index (κ2) is 4.84. The van der Waals surface area contributed by atoms with Gasteiger partial charge in [-0.1, -0.05) is 11.6 Å². The molecule has 0 saturated heterocycles. The zero-order valence-electron chi connectivity index (χ0n) is 8.83. The summed E-state index contributed by atoms with van der Waals surface area (Å²) in [6.07, 6.45) is 0. The number of halogens is 1. The van der Waals surface area contributed by atoms with Crippen molar-refractivity contribution in [2.75, 3.05) is 13.2 Å². The third kappa shape index (κ3) is 3.70. The highest BCUT2D eigenvalue weighted by molar-refractivity contribution is 6.31. The Kier molecular flexibility index (Phi) is 3.97. The van der Waals surface area contributed by atoms with Gasteiger partial charge in [0.15, 0.2) is 0 Å². The van der Waals surface area contributed by atoms with Crippen LogP contribution in [-0.4, -0.2) is 29.0 Å². The van der Waals surface area contributed by atoms with Crippen molar-refractivity contribution in [3.05, 3.63) is 28.8 Å². The number of hydrogen-bond acceptors (Lipinski definition) is 3. The first-order chi connectivity index (χ1) is 6.94. The maximum atomic E-state index is 9.51. The SMILES string of the molecule is Cc1cc(OC[C@@](C)(O)CO)ccc1Cl. The normalized spacial score (nSPS) is 14.7.